The number of rotatable bonds is 6. The Kier molecular flexibility index (Phi) is 10.3. The van der Waals surface area contributed by atoms with Crippen molar-refractivity contribution in [3.8, 4) is 0 Å². The molecule has 2 heterocycles. The summed E-state index contributed by atoms with van der Waals surface area (Å²) in [4.78, 5) is 13.2. The van der Waals surface area contributed by atoms with E-state index in [2.05, 4.69) is 51.1 Å². The van der Waals surface area contributed by atoms with Crippen LogP contribution in [0.25, 0.3) is 0 Å². The molecule has 1 aromatic heterocycles. The Hall–Kier alpha value is -0.0600. The molecule has 0 radical (unpaired) electrons. The first-order chi connectivity index (χ1) is 13.1. The van der Waals surface area contributed by atoms with Crippen LogP contribution in [0.5, 0.6) is 0 Å². The maximum absolute atomic E-state index is 4.63. The van der Waals surface area contributed by atoms with Crippen LogP contribution in [0.1, 0.15) is 47.7 Å². The van der Waals surface area contributed by atoms with Crippen molar-refractivity contribution in [1.82, 2.24) is 20.5 Å². The van der Waals surface area contributed by atoms with Gasteiger partial charge in [-0.3, -0.25) is 9.89 Å². The fraction of sp³-hybridized carbons (Fsp3) is 0.800. The molecule has 0 atom stereocenters. The first kappa shape index (κ1) is 24.2. The van der Waals surface area contributed by atoms with Gasteiger partial charge in [-0.15, -0.1) is 35.3 Å². The highest BCUT2D eigenvalue weighted by Crippen LogP contribution is 2.34. The van der Waals surface area contributed by atoms with E-state index in [1.54, 1.807) is 0 Å². The van der Waals surface area contributed by atoms with Gasteiger partial charge >= 0.3 is 0 Å². The monoisotopic (exact) mass is 537 g/mol. The van der Waals surface area contributed by atoms with Gasteiger partial charge < -0.3 is 10.6 Å². The Morgan fingerprint density at radius 1 is 1.14 bits per heavy atom. The minimum atomic E-state index is 0. The van der Waals surface area contributed by atoms with Gasteiger partial charge in [-0.1, -0.05) is 19.3 Å². The van der Waals surface area contributed by atoms with Crippen LogP contribution >= 0.6 is 47.1 Å². The lowest BCUT2D eigenvalue weighted by Crippen LogP contribution is -2.59. The smallest absolute Gasteiger partial charge is 0.191 e. The fourth-order valence-electron chi connectivity index (χ4n) is 4.26. The molecule has 1 aliphatic heterocycles. The average molecular weight is 538 g/mol. The summed E-state index contributed by atoms with van der Waals surface area (Å²) in [6.45, 7) is 8.59. The number of thiazole rings is 1. The third-order valence-corrected chi connectivity index (χ3v) is 8.05. The van der Waals surface area contributed by atoms with Gasteiger partial charge in [0.15, 0.2) is 5.96 Å². The van der Waals surface area contributed by atoms with Gasteiger partial charge in [0.1, 0.15) is 0 Å². The summed E-state index contributed by atoms with van der Waals surface area (Å²) in [7, 11) is 1.87. The van der Waals surface area contributed by atoms with E-state index in [-0.39, 0.29) is 24.0 Å². The van der Waals surface area contributed by atoms with Gasteiger partial charge in [-0.2, -0.15) is 11.8 Å². The van der Waals surface area contributed by atoms with Gasteiger partial charge in [-0.25, -0.2) is 4.98 Å². The van der Waals surface area contributed by atoms with E-state index < -0.39 is 0 Å². The molecular formula is C20H36IN5S2. The molecule has 1 saturated carbocycles. The average Bonchev–Trinajstić information content (AvgIpc) is 3.03. The molecule has 0 aromatic carbocycles. The van der Waals surface area contributed by atoms with Crippen LogP contribution in [0, 0.1) is 13.8 Å². The first-order valence-corrected chi connectivity index (χ1v) is 12.3. The first-order valence-electron chi connectivity index (χ1n) is 10.3. The SMILES string of the molecule is CN=C(NCCc1nc(C)c(C)s1)NCC1(N2CCSCC2)CCCCC1.I. The summed E-state index contributed by atoms with van der Waals surface area (Å²) in [6.07, 6.45) is 7.71. The quantitative estimate of drug-likeness (QED) is 0.328. The number of aliphatic imine (C=N–C) groups is 1. The van der Waals surface area contributed by atoms with Crippen molar-refractivity contribution in [1.29, 1.82) is 0 Å². The topological polar surface area (TPSA) is 52.6 Å². The number of hydrogen-bond donors (Lipinski definition) is 2. The maximum atomic E-state index is 4.63. The van der Waals surface area contributed by atoms with E-state index in [4.69, 9.17) is 0 Å². The Bertz CT molecular complexity index is 603. The largest absolute Gasteiger partial charge is 0.356 e. The molecule has 160 valence electrons. The van der Waals surface area contributed by atoms with Crippen molar-refractivity contribution in [3.63, 3.8) is 0 Å². The molecule has 1 aromatic rings. The zero-order valence-corrected chi connectivity index (χ0v) is 21.5. The molecule has 3 rings (SSSR count). The van der Waals surface area contributed by atoms with E-state index >= 15 is 0 Å². The molecule has 0 unspecified atom stereocenters. The number of aromatic nitrogens is 1. The summed E-state index contributed by atoms with van der Waals surface area (Å²) < 4.78 is 0. The molecule has 5 nitrogen and oxygen atoms in total. The maximum Gasteiger partial charge on any atom is 0.191 e. The molecule has 2 fully saturated rings. The predicted octanol–water partition coefficient (Wildman–Crippen LogP) is 3.84. The van der Waals surface area contributed by atoms with E-state index in [0.29, 0.717) is 5.54 Å². The molecule has 2 N–H and O–H groups in total. The van der Waals surface area contributed by atoms with Gasteiger partial charge in [0.05, 0.1) is 10.7 Å². The molecule has 0 spiro atoms. The van der Waals surface area contributed by atoms with Crippen LogP contribution in [-0.2, 0) is 6.42 Å². The second-order valence-electron chi connectivity index (χ2n) is 7.74. The van der Waals surface area contributed by atoms with Gasteiger partial charge in [0.2, 0.25) is 0 Å². The lowest BCUT2D eigenvalue weighted by molar-refractivity contribution is 0.0626. The van der Waals surface area contributed by atoms with E-state index in [1.807, 2.05) is 18.4 Å². The molecule has 1 aliphatic carbocycles. The third kappa shape index (κ3) is 6.47. The summed E-state index contributed by atoms with van der Waals surface area (Å²) in [5, 5.41) is 8.35. The van der Waals surface area contributed by atoms with Gasteiger partial charge in [0.25, 0.3) is 0 Å². The summed E-state index contributed by atoms with van der Waals surface area (Å²) in [6, 6.07) is 0. The Balaban J connectivity index is 0.00000280. The minimum Gasteiger partial charge on any atom is -0.356 e. The van der Waals surface area contributed by atoms with E-state index in [1.165, 1.54) is 66.6 Å². The standard InChI is InChI=1S/C20H35N5S2.HI/c1-16-17(2)27-18(24-16)7-10-22-19(21-3)23-15-20(8-5-4-6-9-20)25-11-13-26-14-12-25;/h4-15H2,1-3H3,(H2,21,22,23);1H. The Morgan fingerprint density at radius 2 is 1.86 bits per heavy atom. The van der Waals surface area contributed by atoms with Crippen LogP contribution in [0.3, 0.4) is 0 Å². The predicted molar refractivity (Wildman–Crippen MR) is 135 cm³/mol. The fourth-order valence-corrected chi connectivity index (χ4v) is 6.09. The lowest BCUT2D eigenvalue weighted by atomic mass is 9.80. The van der Waals surface area contributed by atoms with Crippen LogP contribution in [0.2, 0.25) is 0 Å². The molecular weight excluding hydrogens is 501 g/mol. The normalized spacial score (nSPS) is 20.5. The number of aryl methyl sites for hydroxylation is 2. The lowest BCUT2D eigenvalue weighted by Gasteiger charge is -2.48. The number of thioether (sulfide) groups is 1. The molecule has 28 heavy (non-hydrogen) atoms. The van der Waals surface area contributed by atoms with Gasteiger partial charge in [-0.05, 0) is 26.7 Å². The molecule has 2 aliphatic rings. The van der Waals surface area contributed by atoms with Crippen molar-refractivity contribution in [3.05, 3.63) is 15.6 Å². The summed E-state index contributed by atoms with van der Waals surface area (Å²) in [5.41, 5.74) is 1.48. The Morgan fingerprint density at radius 3 is 2.46 bits per heavy atom. The van der Waals surface area contributed by atoms with Gasteiger partial charge in [0, 0.05) is 61.6 Å². The molecule has 1 saturated heterocycles. The molecule has 8 heteroatoms. The highest BCUT2D eigenvalue weighted by atomic mass is 127. The van der Waals surface area contributed by atoms with Crippen LogP contribution in [0.15, 0.2) is 4.99 Å². The van der Waals surface area contributed by atoms with Crippen LogP contribution < -0.4 is 10.6 Å². The zero-order valence-electron chi connectivity index (χ0n) is 17.6. The van der Waals surface area contributed by atoms with Crippen LogP contribution in [0.4, 0.5) is 0 Å². The second kappa shape index (κ2) is 12.0. The summed E-state index contributed by atoms with van der Waals surface area (Å²) >= 11 is 3.91. The van der Waals surface area contributed by atoms with Crippen LogP contribution in [-0.4, -0.2) is 66.1 Å². The third-order valence-electron chi connectivity index (χ3n) is 5.98. The minimum absolute atomic E-state index is 0. The van der Waals surface area contributed by atoms with E-state index in [9.17, 15) is 0 Å². The number of nitrogens with one attached hydrogen (secondary N) is 2. The number of hydrogen-bond acceptors (Lipinski definition) is 5. The van der Waals surface area contributed by atoms with Crippen molar-refractivity contribution in [2.75, 3.05) is 44.7 Å². The highest BCUT2D eigenvalue weighted by Gasteiger charge is 2.38. The summed E-state index contributed by atoms with van der Waals surface area (Å²) in [5.74, 6) is 3.49. The number of nitrogens with zero attached hydrogens (tertiary/aromatic N) is 3. The van der Waals surface area contributed by atoms with Crippen molar-refractivity contribution in [2.24, 2.45) is 4.99 Å². The number of halogens is 1. The number of guanidine groups is 1. The Labute approximate surface area is 196 Å². The zero-order chi connectivity index (χ0) is 19.1. The van der Waals surface area contributed by atoms with Crippen molar-refractivity contribution < 1.29 is 0 Å². The molecule has 0 amide bonds. The second-order valence-corrected chi connectivity index (χ2v) is 10.2. The van der Waals surface area contributed by atoms with Crippen molar-refractivity contribution >= 4 is 53.0 Å². The highest BCUT2D eigenvalue weighted by molar-refractivity contribution is 14.0. The van der Waals surface area contributed by atoms with Crippen molar-refractivity contribution in [2.45, 2.75) is 57.9 Å². The molecule has 0 bridgehead atoms. The van der Waals surface area contributed by atoms with E-state index in [0.717, 1.165) is 31.2 Å².